The van der Waals surface area contributed by atoms with Gasteiger partial charge in [-0.05, 0) is 30.5 Å². The SMILES string of the molecule is Cc1ccnc2c1CCN2CC(=O)O. The summed E-state index contributed by atoms with van der Waals surface area (Å²) in [6.07, 6.45) is 2.64. The molecule has 0 bridgehead atoms. The summed E-state index contributed by atoms with van der Waals surface area (Å²) in [5.74, 6) is 0.0357. The number of pyridine rings is 1. The molecule has 4 nitrogen and oxygen atoms in total. The van der Waals surface area contributed by atoms with E-state index in [1.54, 1.807) is 6.20 Å². The van der Waals surface area contributed by atoms with Crippen LogP contribution in [-0.2, 0) is 11.2 Å². The average Bonchev–Trinajstić information content (AvgIpc) is 2.49. The molecule has 0 aromatic carbocycles. The van der Waals surface area contributed by atoms with Gasteiger partial charge in [0.05, 0.1) is 0 Å². The molecule has 0 unspecified atom stereocenters. The predicted molar refractivity (Wildman–Crippen MR) is 52.5 cm³/mol. The zero-order valence-electron chi connectivity index (χ0n) is 8.03. The minimum Gasteiger partial charge on any atom is -0.480 e. The van der Waals surface area contributed by atoms with Gasteiger partial charge in [-0.1, -0.05) is 0 Å². The van der Waals surface area contributed by atoms with E-state index in [0.717, 1.165) is 18.8 Å². The second kappa shape index (κ2) is 3.29. The number of carboxylic acids is 1. The van der Waals surface area contributed by atoms with E-state index in [1.807, 2.05) is 17.9 Å². The first-order valence-electron chi connectivity index (χ1n) is 4.59. The third-order valence-electron chi connectivity index (χ3n) is 2.52. The molecule has 1 aromatic heterocycles. The molecule has 1 N–H and O–H groups in total. The topological polar surface area (TPSA) is 53.4 Å². The van der Waals surface area contributed by atoms with Crippen molar-refractivity contribution in [2.75, 3.05) is 18.0 Å². The van der Waals surface area contributed by atoms with Crippen molar-refractivity contribution >= 4 is 11.8 Å². The number of aryl methyl sites for hydroxylation is 1. The van der Waals surface area contributed by atoms with Crippen LogP contribution in [0.15, 0.2) is 12.3 Å². The molecule has 0 fully saturated rings. The molecule has 74 valence electrons. The number of hydrogen-bond acceptors (Lipinski definition) is 3. The van der Waals surface area contributed by atoms with E-state index in [0.29, 0.717) is 0 Å². The van der Waals surface area contributed by atoms with Gasteiger partial charge in [0.25, 0.3) is 0 Å². The molecule has 14 heavy (non-hydrogen) atoms. The molecule has 1 aliphatic rings. The van der Waals surface area contributed by atoms with Crippen LogP contribution in [0, 0.1) is 6.92 Å². The lowest BCUT2D eigenvalue weighted by atomic mass is 10.1. The highest BCUT2D eigenvalue weighted by molar-refractivity contribution is 5.74. The summed E-state index contributed by atoms with van der Waals surface area (Å²) in [6, 6.07) is 1.96. The van der Waals surface area contributed by atoms with E-state index in [9.17, 15) is 4.79 Å². The van der Waals surface area contributed by atoms with Gasteiger partial charge in [0.15, 0.2) is 0 Å². The third kappa shape index (κ3) is 1.43. The largest absolute Gasteiger partial charge is 0.480 e. The van der Waals surface area contributed by atoms with Gasteiger partial charge in [-0.3, -0.25) is 4.79 Å². The maximum atomic E-state index is 10.6. The van der Waals surface area contributed by atoms with E-state index in [1.165, 1.54) is 11.1 Å². The van der Waals surface area contributed by atoms with Crippen LogP contribution in [0.3, 0.4) is 0 Å². The molecule has 0 amide bonds. The summed E-state index contributed by atoms with van der Waals surface area (Å²) in [7, 11) is 0. The van der Waals surface area contributed by atoms with Crippen LogP contribution < -0.4 is 4.90 Å². The molecular weight excluding hydrogens is 180 g/mol. The Balaban J connectivity index is 2.30. The van der Waals surface area contributed by atoms with Crippen LogP contribution in [0.25, 0.3) is 0 Å². The van der Waals surface area contributed by atoms with Gasteiger partial charge < -0.3 is 10.0 Å². The Labute approximate surface area is 82.2 Å². The minimum atomic E-state index is -0.804. The lowest BCUT2D eigenvalue weighted by Gasteiger charge is -2.15. The second-order valence-corrected chi connectivity index (χ2v) is 3.50. The highest BCUT2D eigenvalue weighted by Crippen LogP contribution is 2.27. The summed E-state index contributed by atoms with van der Waals surface area (Å²) in [5, 5.41) is 8.70. The standard InChI is InChI=1S/C10H12N2O2/c1-7-2-4-11-10-8(7)3-5-12(10)6-9(13)14/h2,4H,3,5-6H2,1H3,(H,13,14). The van der Waals surface area contributed by atoms with Crippen molar-refractivity contribution in [3.05, 3.63) is 23.4 Å². The van der Waals surface area contributed by atoms with Gasteiger partial charge in [-0.15, -0.1) is 0 Å². The number of fused-ring (bicyclic) bond motifs is 1. The van der Waals surface area contributed by atoms with Crippen LogP contribution in [0.1, 0.15) is 11.1 Å². The molecule has 0 saturated heterocycles. The number of aromatic nitrogens is 1. The fraction of sp³-hybridized carbons (Fsp3) is 0.400. The summed E-state index contributed by atoms with van der Waals surface area (Å²) < 4.78 is 0. The molecule has 0 spiro atoms. The van der Waals surface area contributed by atoms with E-state index >= 15 is 0 Å². The van der Waals surface area contributed by atoms with Gasteiger partial charge >= 0.3 is 5.97 Å². The van der Waals surface area contributed by atoms with Crippen molar-refractivity contribution in [3.63, 3.8) is 0 Å². The molecule has 2 heterocycles. The molecule has 0 saturated carbocycles. The van der Waals surface area contributed by atoms with Gasteiger partial charge in [0, 0.05) is 12.7 Å². The smallest absolute Gasteiger partial charge is 0.323 e. The van der Waals surface area contributed by atoms with Crippen LogP contribution in [0.4, 0.5) is 5.82 Å². The fourth-order valence-corrected chi connectivity index (χ4v) is 1.83. The molecule has 1 aliphatic heterocycles. The van der Waals surface area contributed by atoms with Crippen molar-refractivity contribution in [2.24, 2.45) is 0 Å². The first-order chi connectivity index (χ1) is 6.68. The first kappa shape index (κ1) is 8.99. The summed E-state index contributed by atoms with van der Waals surface area (Å²) in [6.45, 7) is 2.84. The Morgan fingerprint density at radius 1 is 1.71 bits per heavy atom. The Bertz CT molecular complexity index is 376. The fourth-order valence-electron chi connectivity index (χ4n) is 1.83. The van der Waals surface area contributed by atoms with Gasteiger partial charge in [0.2, 0.25) is 0 Å². The molecule has 0 atom stereocenters. The highest BCUT2D eigenvalue weighted by Gasteiger charge is 2.23. The number of nitrogens with zero attached hydrogens (tertiary/aromatic N) is 2. The number of rotatable bonds is 2. The summed E-state index contributed by atoms with van der Waals surface area (Å²) >= 11 is 0. The van der Waals surface area contributed by atoms with Gasteiger partial charge in [0.1, 0.15) is 12.4 Å². The van der Waals surface area contributed by atoms with Crippen molar-refractivity contribution in [2.45, 2.75) is 13.3 Å². The van der Waals surface area contributed by atoms with E-state index in [-0.39, 0.29) is 6.54 Å². The van der Waals surface area contributed by atoms with E-state index in [4.69, 9.17) is 5.11 Å². The van der Waals surface area contributed by atoms with Gasteiger partial charge in [-0.2, -0.15) is 0 Å². The van der Waals surface area contributed by atoms with Gasteiger partial charge in [-0.25, -0.2) is 4.98 Å². The Kier molecular flexibility index (Phi) is 2.11. The Morgan fingerprint density at radius 2 is 2.50 bits per heavy atom. The van der Waals surface area contributed by atoms with Crippen LogP contribution in [0.5, 0.6) is 0 Å². The van der Waals surface area contributed by atoms with Crippen molar-refractivity contribution in [3.8, 4) is 0 Å². The predicted octanol–water partition coefficient (Wildman–Crippen LogP) is 0.837. The normalized spacial score (nSPS) is 14.2. The zero-order chi connectivity index (χ0) is 10.1. The molecule has 0 aliphatic carbocycles. The maximum absolute atomic E-state index is 10.6. The molecule has 2 rings (SSSR count). The lowest BCUT2D eigenvalue weighted by molar-refractivity contribution is -0.135. The summed E-state index contributed by atoms with van der Waals surface area (Å²) in [5.41, 5.74) is 2.39. The zero-order valence-corrected chi connectivity index (χ0v) is 8.03. The Morgan fingerprint density at radius 3 is 3.21 bits per heavy atom. The lowest BCUT2D eigenvalue weighted by Crippen LogP contribution is -2.28. The average molecular weight is 192 g/mol. The van der Waals surface area contributed by atoms with Crippen molar-refractivity contribution in [1.29, 1.82) is 0 Å². The molecule has 1 aromatic rings. The number of carbonyl (C=O) groups is 1. The number of carboxylic acid groups (broad SMARTS) is 1. The molecule has 0 radical (unpaired) electrons. The van der Waals surface area contributed by atoms with E-state index in [2.05, 4.69) is 4.98 Å². The number of hydrogen-bond donors (Lipinski definition) is 1. The van der Waals surface area contributed by atoms with Crippen molar-refractivity contribution in [1.82, 2.24) is 4.98 Å². The monoisotopic (exact) mass is 192 g/mol. The highest BCUT2D eigenvalue weighted by atomic mass is 16.4. The minimum absolute atomic E-state index is 0.0451. The summed E-state index contributed by atoms with van der Waals surface area (Å²) in [4.78, 5) is 16.6. The van der Waals surface area contributed by atoms with Crippen LogP contribution in [0.2, 0.25) is 0 Å². The quantitative estimate of drug-likeness (QED) is 0.754. The number of aliphatic carboxylic acids is 1. The maximum Gasteiger partial charge on any atom is 0.323 e. The van der Waals surface area contributed by atoms with E-state index < -0.39 is 5.97 Å². The first-order valence-corrected chi connectivity index (χ1v) is 4.59. The Hall–Kier alpha value is -1.58. The second-order valence-electron chi connectivity index (χ2n) is 3.50. The molecule has 4 heteroatoms. The number of anilines is 1. The third-order valence-corrected chi connectivity index (χ3v) is 2.52. The van der Waals surface area contributed by atoms with Crippen LogP contribution in [-0.4, -0.2) is 29.1 Å². The van der Waals surface area contributed by atoms with Crippen LogP contribution >= 0.6 is 0 Å². The van der Waals surface area contributed by atoms with Crippen molar-refractivity contribution < 1.29 is 9.90 Å². The molecular formula is C10H12N2O2.